The Balaban J connectivity index is 1.54. The molecule has 1 aliphatic rings. The number of nitrogens with one attached hydrogen (secondary N) is 1. The minimum atomic E-state index is -0.388. The number of nitrogens with zero attached hydrogens (tertiary/aromatic N) is 3. The molecule has 0 saturated heterocycles. The van der Waals surface area contributed by atoms with Crippen LogP contribution in [0.1, 0.15) is 28.0 Å². The Hall–Kier alpha value is -3.45. The molecule has 138 valence electrons. The molecule has 1 atom stereocenters. The highest BCUT2D eigenvalue weighted by Crippen LogP contribution is 2.35. The van der Waals surface area contributed by atoms with Crippen molar-refractivity contribution >= 4 is 22.9 Å². The highest BCUT2D eigenvalue weighted by Gasteiger charge is 2.34. The van der Waals surface area contributed by atoms with Crippen LogP contribution in [0, 0.1) is 0 Å². The first kappa shape index (κ1) is 16.7. The van der Waals surface area contributed by atoms with Crippen LogP contribution in [0.2, 0.25) is 0 Å². The summed E-state index contributed by atoms with van der Waals surface area (Å²) in [6, 6.07) is 17.0. The number of pyridine rings is 1. The van der Waals surface area contributed by atoms with Crippen LogP contribution in [-0.2, 0) is 6.54 Å². The van der Waals surface area contributed by atoms with E-state index in [0.29, 0.717) is 12.1 Å². The fourth-order valence-corrected chi connectivity index (χ4v) is 4.09. The highest BCUT2D eigenvalue weighted by atomic mass is 32.1. The molecule has 0 spiro atoms. The lowest BCUT2D eigenvalue weighted by molar-refractivity contribution is 0.0648. The number of carbonyl (C=O) groups is 1. The third-order valence-electron chi connectivity index (χ3n) is 4.61. The van der Waals surface area contributed by atoms with Gasteiger partial charge in [-0.05, 0) is 36.4 Å². The molecule has 1 aliphatic heterocycles. The molecule has 28 heavy (non-hydrogen) atoms. The van der Waals surface area contributed by atoms with E-state index in [4.69, 9.17) is 9.40 Å². The van der Waals surface area contributed by atoms with Crippen LogP contribution in [0.15, 0.2) is 76.9 Å². The van der Waals surface area contributed by atoms with Gasteiger partial charge in [0, 0.05) is 17.3 Å². The molecule has 4 aromatic rings. The number of anilines is 1. The Labute approximate surface area is 165 Å². The Kier molecular flexibility index (Phi) is 4.14. The second-order valence-electron chi connectivity index (χ2n) is 6.40. The van der Waals surface area contributed by atoms with E-state index in [0.717, 1.165) is 27.8 Å². The predicted molar refractivity (Wildman–Crippen MR) is 107 cm³/mol. The van der Waals surface area contributed by atoms with Gasteiger partial charge in [-0.1, -0.05) is 18.2 Å². The van der Waals surface area contributed by atoms with Crippen LogP contribution in [0.25, 0.3) is 10.7 Å². The maximum atomic E-state index is 13.2. The average Bonchev–Trinajstić information content (AvgIpc) is 3.43. The van der Waals surface area contributed by atoms with Crippen LogP contribution in [0.4, 0.5) is 5.69 Å². The van der Waals surface area contributed by atoms with Crippen molar-refractivity contribution in [3.63, 3.8) is 0 Å². The average molecular weight is 388 g/mol. The van der Waals surface area contributed by atoms with E-state index in [-0.39, 0.29) is 12.1 Å². The summed E-state index contributed by atoms with van der Waals surface area (Å²) in [5.41, 5.74) is 3.05. The van der Waals surface area contributed by atoms with E-state index in [2.05, 4.69) is 10.3 Å². The van der Waals surface area contributed by atoms with Gasteiger partial charge in [-0.2, -0.15) is 0 Å². The van der Waals surface area contributed by atoms with E-state index in [9.17, 15) is 4.79 Å². The van der Waals surface area contributed by atoms with E-state index >= 15 is 0 Å². The van der Waals surface area contributed by atoms with Gasteiger partial charge in [0.2, 0.25) is 0 Å². The quantitative estimate of drug-likeness (QED) is 0.555. The standard InChI is InChI=1S/C21H16N4O2S/c26-21-15-7-1-2-8-16(15)23-19(25(21)12-14-6-5-11-27-14)18-13-28-20(24-18)17-9-3-4-10-22-17/h1-11,13,19,23H,12H2/t19-/m1/s1. The van der Waals surface area contributed by atoms with Crippen LogP contribution >= 0.6 is 11.3 Å². The summed E-state index contributed by atoms with van der Waals surface area (Å²) in [6.07, 6.45) is 2.97. The van der Waals surface area contributed by atoms with Gasteiger partial charge in [-0.25, -0.2) is 4.98 Å². The predicted octanol–water partition coefficient (Wildman–Crippen LogP) is 4.56. The van der Waals surface area contributed by atoms with Gasteiger partial charge < -0.3 is 14.6 Å². The summed E-state index contributed by atoms with van der Waals surface area (Å²) in [5, 5.41) is 6.25. The molecule has 1 amide bonds. The number of carbonyl (C=O) groups excluding carboxylic acids is 1. The number of amides is 1. The third-order valence-corrected chi connectivity index (χ3v) is 5.50. The number of hydrogen-bond donors (Lipinski definition) is 1. The lowest BCUT2D eigenvalue weighted by Gasteiger charge is -2.36. The second kappa shape index (κ2) is 6.94. The summed E-state index contributed by atoms with van der Waals surface area (Å²) in [7, 11) is 0. The second-order valence-corrected chi connectivity index (χ2v) is 7.26. The minimum Gasteiger partial charge on any atom is -0.467 e. The number of hydrogen-bond acceptors (Lipinski definition) is 6. The third kappa shape index (κ3) is 2.95. The number of thiazole rings is 1. The lowest BCUT2D eigenvalue weighted by Crippen LogP contribution is -2.42. The molecule has 6 nitrogen and oxygen atoms in total. The zero-order valence-electron chi connectivity index (χ0n) is 14.8. The molecule has 0 radical (unpaired) electrons. The minimum absolute atomic E-state index is 0.0527. The van der Waals surface area contributed by atoms with Gasteiger partial charge in [-0.15, -0.1) is 11.3 Å². The maximum absolute atomic E-state index is 13.2. The molecular formula is C21H16N4O2S. The first-order valence-corrected chi connectivity index (χ1v) is 9.73. The van der Waals surface area contributed by atoms with Crippen molar-refractivity contribution in [1.29, 1.82) is 0 Å². The van der Waals surface area contributed by atoms with Gasteiger partial charge in [0.1, 0.15) is 16.9 Å². The molecule has 0 bridgehead atoms. The van der Waals surface area contributed by atoms with Crippen molar-refractivity contribution in [2.75, 3.05) is 5.32 Å². The lowest BCUT2D eigenvalue weighted by atomic mass is 10.1. The summed E-state index contributed by atoms with van der Waals surface area (Å²) >= 11 is 1.51. The van der Waals surface area contributed by atoms with Crippen molar-refractivity contribution in [2.45, 2.75) is 12.7 Å². The van der Waals surface area contributed by atoms with Crippen molar-refractivity contribution in [3.8, 4) is 10.7 Å². The van der Waals surface area contributed by atoms with Gasteiger partial charge in [-0.3, -0.25) is 9.78 Å². The molecule has 7 heteroatoms. The molecule has 0 fully saturated rings. The molecule has 1 aromatic carbocycles. The Morgan fingerprint density at radius 1 is 1.11 bits per heavy atom. The zero-order valence-corrected chi connectivity index (χ0v) is 15.6. The molecule has 0 saturated carbocycles. The van der Waals surface area contributed by atoms with Gasteiger partial charge >= 0.3 is 0 Å². The number of fused-ring (bicyclic) bond motifs is 1. The van der Waals surface area contributed by atoms with E-state index in [1.165, 1.54) is 11.3 Å². The van der Waals surface area contributed by atoms with Gasteiger partial charge in [0.25, 0.3) is 5.91 Å². The van der Waals surface area contributed by atoms with Gasteiger partial charge in [0.15, 0.2) is 0 Å². The van der Waals surface area contributed by atoms with Gasteiger partial charge in [0.05, 0.1) is 29.8 Å². The van der Waals surface area contributed by atoms with Crippen LogP contribution in [0.5, 0.6) is 0 Å². The van der Waals surface area contributed by atoms with E-state index < -0.39 is 0 Å². The first-order chi connectivity index (χ1) is 13.8. The monoisotopic (exact) mass is 388 g/mol. The zero-order chi connectivity index (χ0) is 18.9. The summed E-state index contributed by atoms with van der Waals surface area (Å²) < 4.78 is 5.48. The van der Waals surface area contributed by atoms with Crippen molar-refractivity contribution in [1.82, 2.24) is 14.9 Å². The van der Waals surface area contributed by atoms with Crippen molar-refractivity contribution in [3.05, 3.63) is 89.5 Å². The van der Waals surface area contributed by atoms with E-state index in [1.54, 1.807) is 17.4 Å². The Morgan fingerprint density at radius 2 is 2.00 bits per heavy atom. The molecule has 5 rings (SSSR count). The summed E-state index contributed by atoms with van der Waals surface area (Å²) in [4.78, 5) is 24.1. The normalized spacial score (nSPS) is 15.9. The SMILES string of the molecule is O=C1c2ccccc2N[C@@H](c2csc(-c3ccccn3)n2)N1Cc1ccco1. The summed E-state index contributed by atoms with van der Waals surface area (Å²) in [6.45, 7) is 0.355. The topological polar surface area (TPSA) is 71.3 Å². The molecule has 4 heterocycles. The first-order valence-electron chi connectivity index (χ1n) is 8.85. The van der Waals surface area contributed by atoms with Crippen LogP contribution in [-0.4, -0.2) is 20.8 Å². The maximum Gasteiger partial charge on any atom is 0.258 e. The van der Waals surface area contributed by atoms with Crippen LogP contribution in [0.3, 0.4) is 0 Å². The molecular weight excluding hydrogens is 372 g/mol. The number of para-hydroxylation sites is 1. The summed E-state index contributed by atoms with van der Waals surface area (Å²) in [5.74, 6) is 0.669. The number of furan rings is 1. The number of rotatable bonds is 4. The number of aromatic nitrogens is 2. The largest absolute Gasteiger partial charge is 0.467 e. The molecule has 3 aromatic heterocycles. The van der Waals surface area contributed by atoms with Crippen LogP contribution < -0.4 is 5.32 Å². The van der Waals surface area contributed by atoms with Crippen molar-refractivity contribution in [2.24, 2.45) is 0 Å². The fraction of sp³-hybridized carbons (Fsp3) is 0.0952. The molecule has 0 unspecified atom stereocenters. The van der Waals surface area contributed by atoms with E-state index in [1.807, 2.05) is 60.0 Å². The Bertz CT molecular complexity index is 1110. The number of benzene rings is 1. The molecule has 0 aliphatic carbocycles. The Morgan fingerprint density at radius 3 is 2.82 bits per heavy atom. The molecule has 1 N–H and O–H groups in total. The smallest absolute Gasteiger partial charge is 0.258 e. The van der Waals surface area contributed by atoms with Crippen molar-refractivity contribution < 1.29 is 9.21 Å². The highest BCUT2D eigenvalue weighted by molar-refractivity contribution is 7.13. The fourth-order valence-electron chi connectivity index (χ4n) is 3.28.